The number of halogens is 1. The Hall–Kier alpha value is -0.360. The topological polar surface area (TPSA) is 24.9 Å². The molecule has 5 heteroatoms. The molecule has 0 amide bonds. The van der Waals surface area contributed by atoms with E-state index in [0.717, 1.165) is 21.4 Å². The summed E-state index contributed by atoms with van der Waals surface area (Å²) in [5.41, 5.74) is 1.35. The third kappa shape index (κ3) is 3.35. The summed E-state index contributed by atoms with van der Waals surface area (Å²) in [6.07, 6.45) is 4.50. The van der Waals surface area contributed by atoms with Crippen LogP contribution in [-0.2, 0) is 6.54 Å². The van der Waals surface area contributed by atoms with Crippen molar-refractivity contribution in [3.05, 3.63) is 39.8 Å². The largest absolute Gasteiger partial charge is 0.310 e. The van der Waals surface area contributed by atoms with E-state index in [2.05, 4.69) is 44.4 Å². The number of nitrogens with one attached hydrogen (secondary N) is 1. The molecule has 0 atom stereocenters. The number of aromatic nitrogens is 1. The van der Waals surface area contributed by atoms with Gasteiger partial charge in [0.15, 0.2) is 4.34 Å². The molecule has 1 aromatic carbocycles. The molecule has 1 aliphatic rings. The minimum Gasteiger partial charge on any atom is -0.310 e. The second-order valence-electron chi connectivity index (χ2n) is 4.31. The van der Waals surface area contributed by atoms with Gasteiger partial charge in [-0.3, -0.25) is 0 Å². The van der Waals surface area contributed by atoms with Crippen LogP contribution in [0.1, 0.15) is 18.4 Å². The van der Waals surface area contributed by atoms with Gasteiger partial charge in [0.1, 0.15) is 0 Å². The van der Waals surface area contributed by atoms with Gasteiger partial charge in [0.2, 0.25) is 0 Å². The Labute approximate surface area is 123 Å². The summed E-state index contributed by atoms with van der Waals surface area (Å²) in [5, 5.41) is 5.58. The van der Waals surface area contributed by atoms with E-state index >= 15 is 0 Å². The molecule has 0 aliphatic heterocycles. The predicted molar refractivity (Wildman–Crippen MR) is 80.2 cm³/mol. The van der Waals surface area contributed by atoms with E-state index in [9.17, 15) is 0 Å². The fourth-order valence-corrected chi connectivity index (χ4v) is 3.93. The van der Waals surface area contributed by atoms with E-state index in [1.165, 1.54) is 23.3 Å². The number of rotatable bonds is 5. The van der Waals surface area contributed by atoms with Crippen molar-refractivity contribution in [2.75, 3.05) is 0 Å². The number of hydrogen-bond acceptors (Lipinski definition) is 4. The highest BCUT2D eigenvalue weighted by Gasteiger charge is 2.20. The molecule has 0 unspecified atom stereocenters. The van der Waals surface area contributed by atoms with Crippen LogP contribution < -0.4 is 5.32 Å². The van der Waals surface area contributed by atoms with Gasteiger partial charge in [-0.15, -0.1) is 11.3 Å². The number of hydrogen-bond donors (Lipinski definition) is 1. The lowest BCUT2D eigenvalue weighted by molar-refractivity contribution is 0.680. The zero-order valence-electron chi connectivity index (χ0n) is 9.73. The first-order valence-electron chi connectivity index (χ1n) is 5.90. The molecule has 1 N–H and O–H groups in total. The summed E-state index contributed by atoms with van der Waals surface area (Å²) in [4.78, 5) is 5.62. The summed E-state index contributed by atoms with van der Waals surface area (Å²) < 4.78 is 2.22. The second kappa shape index (κ2) is 5.74. The summed E-state index contributed by atoms with van der Waals surface area (Å²) in [7, 11) is 0. The van der Waals surface area contributed by atoms with E-state index in [1.807, 2.05) is 11.6 Å². The molecule has 1 heterocycles. The molecule has 3 rings (SSSR count). The minimum atomic E-state index is 0.742. The molecule has 1 saturated carbocycles. The monoisotopic (exact) mass is 340 g/mol. The number of thiazole rings is 1. The maximum atomic E-state index is 4.34. The Morgan fingerprint density at radius 1 is 1.44 bits per heavy atom. The third-order valence-corrected chi connectivity index (χ3v) is 5.27. The molecule has 1 fully saturated rings. The minimum absolute atomic E-state index is 0.742. The molecule has 2 aromatic rings. The lowest BCUT2D eigenvalue weighted by Crippen LogP contribution is -2.15. The lowest BCUT2D eigenvalue weighted by Gasteiger charge is -2.09. The molecule has 1 aromatic heterocycles. The van der Waals surface area contributed by atoms with E-state index in [1.54, 1.807) is 23.1 Å². The van der Waals surface area contributed by atoms with Crippen LogP contribution in [0.25, 0.3) is 0 Å². The van der Waals surface area contributed by atoms with Crippen molar-refractivity contribution in [1.82, 2.24) is 10.3 Å². The van der Waals surface area contributed by atoms with Crippen molar-refractivity contribution in [2.45, 2.75) is 34.7 Å². The number of benzene rings is 1. The van der Waals surface area contributed by atoms with Gasteiger partial charge in [0.25, 0.3) is 0 Å². The number of nitrogens with zero attached hydrogens (tertiary/aromatic N) is 1. The van der Waals surface area contributed by atoms with E-state index < -0.39 is 0 Å². The molecule has 1 aliphatic carbocycles. The van der Waals surface area contributed by atoms with Crippen molar-refractivity contribution in [3.8, 4) is 0 Å². The maximum Gasteiger partial charge on any atom is 0.154 e. The van der Waals surface area contributed by atoms with Crippen molar-refractivity contribution in [1.29, 1.82) is 0 Å². The lowest BCUT2D eigenvalue weighted by atomic mass is 10.2. The van der Waals surface area contributed by atoms with Crippen molar-refractivity contribution in [3.63, 3.8) is 0 Å². The van der Waals surface area contributed by atoms with Crippen molar-refractivity contribution < 1.29 is 0 Å². The molecule has 18 heavy (non-hydrogen) atoms. The fourth-order valence-electron chi connectivity index (χ4n) is 1.67. The van der Waals surface area contributed by atoms with Crippen molar-refractivity contribution in [2.24, 2.45) is 0 Å². The van der Waals surface area contributed by atoms with Crippen LogP contribution in [0, 0.1) is 0 Å². The summed E-state index contributed by atoms with van der Waals surface area (Å²) in [6.45, 7) is 0.950. The maximum absolute atomic E-state index is 4.34. The zero-order chi connectivity index (χ0) is 12.4. The smallest absolute Gasteiger partial charge is 0.154 e. The molecule has 0 bridgehead atoms. The Morgan fingerprint density at radius 2 is 2.33 bits per heavy atom. The van der Waals surface area contributed by atoms with Crippen LogP contribution in [0.15, 0.2) is 43.5 Å². The quantitative estimate of drug-likeness (QED) is 0.877. The average Bonchev–Trinajstić information content (AvgIpc) is 3.05. The molecule has 0 spiro atoms. The van der Waals surface area contributed by atoms with Crippen LogP contribution >= 0.6 is 39.0 Å². The standard InChI is InChI=1S/C13H13BrN2S2/c14-10-2-1-9(8-16-11-3-4-11)12(7-10)18-13-15-5-6-17-13/h1-2,5-7,11,16H,3-4,8H2. The highest BCUT2D eigenvalue weighted by atomic mass is 79.9. The van der Waals surface area contributed by atoms with Gasteiger partial charge in [0.05, 0.1) is 0 Å². The van der Waals surface area contributed by atoms with Crippen LogP contribution in [0.4, 0.5) is 0 Å². The van der Waals surface area contributed by atoms with Gasteiger partial charge in [-0.05, 0) is 30.5 Å². The Morgan fingerprint density at radius 3 is 3.06 bits per heavy atom. The van der Waals surface area contributed by atoms with E-state index in [-0.39, 0.29) is 0 Å². The second-order valence-corrected chi connectivity index (χ2v) is 7.41. The molecule has 2 nitrogen and oxygen atoms in total. The van der Waals surface area contributed by atoms with Crippen LogP contribution in [0.3, 0.4) is 0 Å². The van der Waals surface area contributed by atoms with Crippen LogP contribution in [0.2, 0.25) is 0 Å². The van der Waals surface area contributed by atoms with E-state index in [4.69, 9.17) is 0 Å². The average molecular weight is 341 g/mol. The van der Waals surface area contributed by atoms with E-state index in [0.29, 0.717) is 0 Å². The van der Waals surface area contributed by atoms with Crippen LogP contribution in [0.5, 0.6) is 0 Å². The highest BCUT2D eigenvalue weighted by molar-refractivity contribution is 9.10. The summed E-state index contributed by atoms with van der Waals surface area (Å²) in [5.74, 6) is 0. The Balaban J connectivity index is 1.78. The van der Waals surface area contributed by atoms with Gasteiger partial charge in [0, 0.05) is 33.5 Å². The fraction of sp³-hybridized carbons (Fsp3) is 0.308. The van der Waals surface area contributed by atoms with Gasteiger partial charge in [-0.1, -0.05) is 33.8 Å². The molecule has 0 saturated heterocycles. The summed E-state index contributed by atoms with van der Waals surface area (Å²) in [6, 6.07) is 7.22. The predicted octanol–water partition coefficient (Wildman–Crippen LogP) is 4.31. The van der Waals surface area contributed by atoms with Crippen LogP contribution in [-0.4, -0.2) is 11.0 Å². The molecule has 0 radical (unpaired) electrons. The normalized spacial score (nSPS) is 14.9. The zero-order valence-corrected chi connectivity index (χ0v) is 12.9. The molecule has 94 valence electrons. The van der Waals surface area contributed by atoms with Crippen molar-refractivity contribution >= 4 is 39.0 Å². The van der Waals surface area contributed by atoms with Gasteiger partial charge < -0.3 is 5.32 Å². The highest BCUT2D eigenvalue weighted by Crippen LogP contribution is 2.34. The van der Waals surface area contributed by atoms with Gasteiger partial charge in [-0.2, -0.15) is 0 Å². The van der Waals surface area contributed by atoms with Gasteiger partial charge in [-0.25, -0.2) is 4.98 Å². The Bertz CT molecular complexity index is 524. The first-order chi connectivity index (χ1) is 8.81. The molecular weight excluding hydrogens is 328 g/mol. The summed E-state index contributed by atoms with van der Waals surface area (Å²) >= 11 is 6.97. The first kappa shape index (κ1) is 12.7. The molecular formula is C13H13BrN2S2. The first-order valence-corrected chi connectivity index (χ1v) is 8.39. The SMILES string of the molecule is Brc1ccc(CNC2CC2)c(Sc2nccs2)c1. The Kier molecular flexibility index (Phi) is 4.03. The van der Waals surface area contributed by atoms with Gasteiger partial charge >= 0.3 is 0 Å². The third-order valence-electron chi connectivity index (χ3n) is 2.79.